The van der Waals surface area contributed by atoms with Gasteiger partial charge in [0.2, 0.25) is 0 Å². The molecule has 2 unspecified atom stereocenters. The van der Waals surface area contributed by atoms with Gasteiger partial charge in [-0.15, -0.1) is 0 Å². The Hall–Kier alpha value is 0.310. The first-order chi connectivity index (χ1) is 5.72. The smallest absolute Gasteiger partial charge is 0.0156 e. The Labute approximate surface area is 81.5 Å². The Balaban J connectivity index is 3.24. The zero-order chi connectivity index (χ0) is 9.40. The molecular formula is C10H23NS. The minimum atomic E-state index is 0.400. The lowest BCUT2D eigenvalue weighted by atomic mass is 10.0. The van der Waals surface area contributed by atoms with E-state index in [2.05, 4.69) is 20.8 Å². The molecule has 1 nitrogen and oxygen atoms in total. The predicted octanol–water partition coefficient (Wildman–Crippen LogP) is 2.89. The summed E-state index contributed by atoms with van der Waals surface area (Å²) in [7, 11) is 0. The van der Waals surface area contributed by atoms with Gasteiger partial charge in [-0.05, 0) is 18.1 Å². The topological polar surface area (TPSA) is 26.0 Å². The standard InChI is InChI=1S/C10H23NS/c1-4-6-7-12-8-10(11)9(3)5-2/h9-10H,4-8,11H2,1-3H3. The van der Waals surface area contributed by atoms with Crippen LogP contribution >= 0.6 is 11.8 Å². The number of hydrogen-bond acceptors (Lipinski definition) is 2. The summed E-state index contributed by atoms with van der Waals surface area (Å²) in [5.41, 5.74) is 5.99. The fourth-order valence-corrected chi connectivity index (χ4v) is 2.19. The molecule has 2 N–H and O–H groups in total. The van der Waals surface area contributed by atoms with Crippen LogP contribution in [-0.4, -0.2) is 17.5 Å². The first-order valence-corrected chi connectivity index (χ1v) is 6.21. The minimum Gasteiger partial charge on any atom is -0.327 e. The van der Waals surface area contributed by atoms with Gasteiger partial charge in [-0.3, -0.25) is 0 Å². The Bertz CT molecular complexity index is 95.8. The molecule has 2 heteroatoms. The highest BCUT2D eigenvalue weighted by Gasteiger charge is 2.09. The lowest BCUT2D eigenvalue weighted by Gasteiger charge is -2.17. The van der Waals surface area contributed by atoms with Crippen LogP contribution in [0.5, 0.6) is 0 Å². The van der Waals surface area contributed by atoms with Crippen molar-refractivity contribution in [3.8, 4) is 0 Å². The number of thioether (sulfide) groups is 1. The molecule has 0 bridgehead atoms. The van der Waals surface area contributed by atoms with E-state index >= 15 is 0 Å². The van der Waals surface area contributed by atoms with Crippen molar-refractivity contribution in [2.45, 2.75) is 46.1 Å². The Morgan fingerprint density at radius 1 is 1.33 bits per heavy atom. The third-order valence-corrected chi connectivity index (χ3v) is 3.53. The molecule has 0 spiro atoms. The van der Waals surface area contributed by atoms with Gasteiger partial charge in [-0.1, -0.05) is 33.6 Å². The lowest BCUT2D eigenvalue weighted by molar-refractivity contribution is 0.475. The fraction of sp³-hybridized carbons (Fsp3) is 1.00. The first kappa shape index (κ1) is 12.3. The van der Waals surface area contributed by atoms with E-state index in [9.17, 15) is 0 Å². The van der Waals surface area contributed by atoms with E-state index in [-0.39, 0.29) is 0 Å². The Morgan fingerprint density at radius 3 is 2.50 bits per heavy atom. The highest BCUT2D eigenvalue weighted by atomic mass is 32.2. The zero-order valence-electron chi connectivity index (χ0n) is 8.68. The second-order valence-corrected chi connectivity index (χ2v) is 4.63. The van der Waals surface area contributed by atoms with E-state index in [0.29, 0.717) is 12.0 Å². The summed E-state index contributed by atoms with van der Waals surface area (Å²) in [6.07, 6.45) is 3.83. The Kier molecular flexibility index (Phi) is 8.14. The van der Waals surface area contributed by atoms with Crippen molar-refractivity contribution in [2.24, 2.45) is 11.7 Å². The molecule has 0 saturated carbocycles. The van der Waals surface area contributed by atoms with Crippen molar-refractivity contribution in [1.29, 1.82) is 0 Å². The molecule has 0 aliphatic heterocycles. The monoisotopic (exact) mass is 189 g/mol. The maximum absolute atomic E-state index is 5.99. The molecule has 0 aliphatic carbocycles. The quantitative estimate of drug-likeness (QED) is 0.623. The average Bonchev–Trinajstić information content (AvgIpc) is 2.10. The van der Waals surface area contributed by atoms with Crippen LogP contribution in [0.3, 0.4) is 0 Å². The molecule has 2 atom stereocenters. The fourth-order valence-electron chi connectivity index (χ4n) is 0.933. The summed E-state index contributed by atoms with van der Waals surface area (Å²) in [4.78, 5) is 0. The summed E-state index contributed by atoms with van der Waals surface area (Å²) in [6.45, 7) is 6.68. The van der Waals surface area contributed by atoms with Gasteiger partial charge in [0.1, 0.15) is 0 Å². The van der Waals surface area contributed by atoms with E-state index in [0.717, 1.165) is 5.75 Å². The molecule has 0 aromatic carbocycles. The molecule has 0 aliphatic rings. The van der Waals surface area contributed by atoms with E-state index in [1.54, 1.807) is 0 Å². The van der Waals surface area contributed by atoms with E-state index < -0.39 is 0 Å². The molecule has 0 saturated heterocycles. The van der Waals surface area contributed by atoms with Crippen LogP contribution in [-0.2, 0) is 0 Å². The number of rotatable bonds is 7. The van der Waals surface area contributed by atoms with E-state index in [1.165, 1.54) is 25.0 Å². The third-order valence-electron chi connectivity index (χ3n) is 2.33. The van der Waals surface area contributed by atoms with Crippen molar-refractivity contribution < 1.29 is 0 Å². The van der Waals surface area contributed by atoms with Crippen molar-refractivity contribution in [3.05, 3.63) is 0 Å². The van der Waals surface area contributed by atoms with E-state index in [4.69, 9.17) is 5.73 Å². The first-order valence-electron chi connectivity index (χ1n) is 5.05. The van der Waals surface area contributed by atoms with Crippen LogP contribution in [0.2, 0.25) is 0 Å². The van der Waals surface area contributed by atoms with Gasteiger partial charge in [0.25, 0.3) is 0 Å². The predicted molar refractivity (Wildman–Crippen MR) is 59.7 cm³/mol. The van der Waals surface area contributed by atoms with Gasteiger partial charge in [0.05, 0.1) is 0 Å². The molecule has 0 rings (SSSR count). The van der Waals surface area contributed by atoms with Crippen LogP contribution in [0.25, 0.3) is 0 Å². The van der Waals surface area contributed by atoms with Gasteiger partial charge in [0, 0.05) is 11.8 Å². The second kappa shape index (κ2) is 7.93. The van der Waals surface area contributed by atoms with Crippen molar-refractivity contribution in [3.63, 3.8) is 0 Å². The second-order valence-electron chi connectivity index (χ2n) is 3.48. The molecule has 12 heavy (non-hydrogen) atoms. The van der Waals surface area contributed by atoms with Crippen LogP contribution in [0, 0.1) is 5.92 Å². The molecule has 0 fully saturated rings. The van der Waals surface area contributed by atoms with Gasteiger partial charge in [0.15, 0.2) is 0 Å². The SMILES string of the molecule is CCCCSCC(N)C(C)CC. The number of nitrogens with two attached hydrogens (primary N) is 1. The third kappa shape index (κ3) is 5.90. The average molecular weight is 189 g/mol. The van der Waals surface area contributed by atoms with Crippen molar-refractivity contribution in [1.82, 2.24) is 0 Å². The number of hydrogen-bond donors (Lipinski definition) is 1. The van der Waals surface area contributed by atoms with Gasteiger partial charge in [-0.2, -0.15) is 11.8 Å². The zero-order valence-corrected chi connectivity index (χ0v) is 9.49. The van der Waals surface area contributed by atoms with Crippen molar-refractivity contribution in [2.75, 3.05) is 11.5 Å². The van der Waals surface area contributed by atoms with Crippen LogP contribution < -0.4 is 5.73 Å². The molecule has 0 radical (unpaired) electrons. The van der Waals surface area contributed by atoms with E-state index in [1.807, 2.05) is 11.8 Å². The lowest BCUT2D eigenvalue weighted by Crippen LogP contribution is -2.30. The van der Waals surface area contributed by atoms with Crippen molar-refractivity contribution >= 4 is 11.8 Å². The Morgan fingerprint density at radius 2 is 2.00 bits per heavy atom. The highest BCUT2D eigenvalue weighted by Crippen LogP contribution is 2.12. The molecular weight excluding hydrogens is 166 g/mol. The van der Waals surface area contributed by atoms with Crippen LogP contribution in [0.15, 0.2) is 0 Å². The van der Waals surface area contributed by atoms with Gasteiger partial charge in [-0.25, -0.2) is 0 Å². The summed E-state index contributed by atoms with van der Waals surface area (Å²) >= 11 is 2.00. The molecule has 0 aromatic rings. The summed E-state index contributed by atoms with van der Waals surface area (Å²) < 4.78 is 0. The molecule has 0 amide bonds. The van der Waals surface area contributed by atoms with Crippen LogP contribution in [0.1, 0.15) is 40.0 Å². The summed E-state index contributed by atoms with van der Waals surface area (Å²) in [5.74, 6) is 3.09. The minimum absolute atomic E-state index is 0.400. The maximum atomic E-state index is 5.99. The molecule has 0 aromatic heterocycles. The maximum Gasteiger partial charge on any atom is 0.0156 e. The summed E-state index contributed by atoms with van der Waals surface area (Å²) in [6, 6.07) is 0.400. The normalized spacial score (nSPS) is 16.0. The highest BCUT2D eigenvalue weighted by molar-refractivity contribution is 7.99. The molecule has 74 valence electrons. The molecule has 0 heterocycles. The largest absolute Gasteiger partial charge is 0.327 e. The van der Waals surface area contributed by atoms with Crippen LogP contribution in [0.4, 0.5) is 0 Å². The summed E-state index contributed by atoms with van der Waals surface area (Å²) in [5, 5.41) is 0. The number of unbranched alkanes of at least 4 members (excludes halogenated alkanes) is 1. The van der Waals surface area contributed by atoms with Gasteiger partial charge >= 0.3 is 0 Å². The van der Waals surface area contributed by atoms with Gasteiger partial charge < -0.3 is 5.73 Å².